The fourth-order valence-electron chi connectivity index (χ4n) is 2.66. The molecule has 3 N–H and O–H groups in total. The number of hydrogen-bond acceptors (Lipinski definition) is 4. The number of likely N-dealkylation sites (tertiary alicyclic amines) is 1. The van der Waals surface area contributed by atoms with E-state index in [0.29, 0.717) is 23.0 Å². The van der Waals surface area contributed by atoms with Crippen molar-refractivity contribution in [2.24, 2.45) is 0 Å². The molecule has 128 valence electrons. The number of benzene rings is 1. The Balaban J connectivity index is 1.77. The zero-order chi connectivity index (χ0) is 16.7. The van der Waals surface area contributed by atoms with Crippen LogP contribution in [0.1, 0.15) is 19.3 Å². The van der Waals surface area contributed by atoms with Crippen molar-refractivity contribution in [2.75, 3.05) is 38.6 Å². The molecule has 2 rings (SSSR count). The van der Waals surface area contributed by atoms with Crippen molar-refractivity contribution in [1.29, 1.82) is 0 Å². The maximum atomic E-state index is 11.9. The molecule has 1 aromatic rings. The number of carbonyl (C=O) groups is 1. The Bertz CT molecular complexity index is 521. The SMILES string of the molecule is COc1ccc(Cl)cc1NC(=O)NCC(O)CN1CCCCC1. The number of nitrogens with zero attached hydrogens (tertiary/aromatic N) is 1. The van der Waals surface area contributed by atoms with E-state index in [1.165, 1.54) is 26.4 Å². The Morgan fingerprint density at radius 2 is 2.13 bits per heavy atom. The van der Waals surface area contributed by atoms with Crippen molar-refractivity contribution in [3.05, 3.63) is 23.2 Å². The van der Waals surface area contributed by atoms with Crippen LogP contribution in [-0.4, -0.2) is 55.4 Å². The van der Waals surface area contributed by atoms with Crippen LogP contribution in [-0.2, 0) is 0 Å². The summed E-state index contributed by atoms with van der Waals surface area (Å²) in [6, 6.07) is 4.59. The molecule has 1 atom stereocenters. The van der Waals surface area contributed by atoms with Gasteiger partial charge < -0.3 is 25.4 Å². The first-order chi connectivity index (χ1) is 11.1. The molecule has 0 aromatic heterocycles. The van der Waals surface area contributed by atoms with Crippen molar-refractivity contribution < 1.29 is 14.6 Å². The Kier molecular flexibility index (Phi) is 6.95. The van der Waals surface area contributed by atoms with Crippen molar-refractivity contribution in [3.63, 3.8) is 0 Å². The molecule has 1 aliphatic rings. The van der Waals surface area contributed by atoms with Gasteiger partial charge in [0.25, 0.3) is 0 Å². The molecule has 1 aliphatic heterocycles. The Labute approximate surface area is 141 Å². The highest BCUT2D eigenvalue weighted by molar-refractivity contribution is 6.31. The first-order valence-electron chi connectivity index (χ1n) is 7.87. The highest BCUT2D eigenvalue weighted by Gasteiger charge is 2.15. The monoisotopic (exact) mass is 341 g/mol. The average molecular weight is 342 g/mol. The maximum absolute atomic E-state index is 11.9. The van der Waals surface area contributed by atoms with Gasteiger partial charge in [-0.2, -0.15) is 0 Å². The summed E-state index contributed by atoms with van der Waals surface area (Å²) in [4.78, 5) is 14.2. The quantitative estimate of drug-likeness (QED) is 0.742. The fraction of sp³-hybridized carbons (Fsp3) is 0.562. The van der Waals surface area contributed by atoms with Gasteiger partial charge in [0.1, 0.15) is 5.75 Å². The second-order valence-electron chi connectivity index (χ2n) is 5.69. The van der Waals surface area contributed by atoms with Crippen LogP contribution in [0.15, 0.2) is 18.2 Å². The second-order valence-corrected chi connectivity index (χ2v) is 6.13. The van der Waals surface area contributed by atoms with Crippen molar-refractivity contribution in [2.45, 2.75) is 25.4 Å². The minimum atomic E-state index is -0.583. The average Bonchev–Trinajstić information content (AvgIpc) is 2.54. The van der Waals surface area contributed by atoms with E-state index in [1.807, 2.05) is 0 Å². The van der Waals surface area contributed by atoms with Crippen LogP contribution in [0, 0.1) is 0 Å². The smallest absolute Gasteiger partial charge is 0.319 e. The van der Waals surface area contributed by atoms with Gasteiger partial charge in [0.15, 0.2) is 0 Å². The largest absolute Gasteiger partial charge is 0.495 e. The Morgan fingerprint density at radius 3 is 2.83 bits per heavy atom. The predicted molar refractivity (Wildman–Crippen MR) is 91.3 cm³/mol. The number of halogens is 1. The maximum Gasteiger partial charge on any atom is 0.319 e. The molecule has 6 nitrogen and oxygen atoms in total. The summed E-state index contributed by atoms with van der Waals surface area (Å²) >= 11 is 5.92. The summed E-state index contributed by atoms with van der Waals surface area (Å²) < 4.78 is 5.17. The molecule has 1 aromatic carbocycles. The van der Waals surface area contributed by atoms with E-state index in [2.05, 4.69) is 15.5 Å². The molecule has 1 heterocycles. The number of carbonyl (C=O) groups excluding carboxylic acids is 1. The van der Waals surface area contributed by atoms with Gasteiger partial charge in [-0.3, -0.25) is 0 Å². The van der Waals surface area contributed by atoms with Crippen LogP contribution in [0.5, 0.6) is 5.75 Å². The van der Waals surface area contributed by atoms with Crippen LogP contribution >= 0.6 is 11.6 Å². The van der Waals surface area contributed by atoms with Gasteiger partial charge in [-0.05, 0) is 44.1 Å². The van der Waals surface area contributed by atoms with Crippen molar-refractivity contribution in [3.8, 4) is 5.75 Å². The van der Waals surface area contributed by atoms with Gasteiger partial charge >= 0.3 is 6.03 Å². The van der Waals surface area contributed by atoms with E-state index in [0.717, 1.165) is 13.1 Å². The number of aliphatic hydroxyl groups excluding tert-OH is 1. The third kappa shape index (κ3) is 5.89. The zero-order valence-corrected chi connectivity index (χ0v) is 14.1. The van der Waals surface area contributed by atoms with Gasteiger partial charge in [0.05, 0.1) is 18.9 Å². The van der Waals surface area contributed by atoms with E-state index >= 15 is 0 Å². The highest BCUT2D eigenvalue weighted by atomic mass is 35.5. The molecule has 23 heavy (non-hydrogen) atoms. The normalized spacial score (nSPS) is 16.7. The molecular formula is C16H24ClN3O3. The lowest BCUT2D eigenvalue weighted by Crippen LogP contribution is -2.43. The number of β-amino-alcohol motifs (C(OH)–C–C–N with tert-alkyl or cyclic N) is 1. The number of piperidine rings is 1. The molecule has 1 unspecified atom stereocenters. The standard InChI is InChI=1S/C16H24ClN3O3/c1-23-15-6-5-12(17)9-14(15)19-16(22)18-10-13(21)11-20-7-3-2-4-8-20/h5-6,9,13,21H,2-4,7-8,10-11H2,1H3,(H2,18,19,22). The van der Waals surface area contributed by atoms with Gasteiger partial charge in [0.2, 0.25) is 0 Å². The number of amides is 2. The number of rotatable bonds is 6. The predicted octanol–water partition coefficient (Wildman–Crippen LogP) is 2.32. The lowest BCUT2D eigenvalue weighted by atomic mass is 10.1. The Morgan fingerprint density at radius 1 is 1.39 bits per heavy atom. The number of urea groups is 1. The van der Waals surface area contributed by atoms with Gasteiger partial charge in [-0.1, -0.05) is 18.0 Å². The first-order valence-corrected chi connectivity index (χ1v) is 8.25. The van der Waals surface area contributed by atoms with E-state index < -0.39 is 12.1 Å². The van der Waals surface area contributed by atoms with Crippen LogP contribution in [0.25, 0.3) is 0 Å². The molecule has 0 aliphatic carbocycles. The molecule has 0 bridgehead atoms. The second kappa shape index (κ2) is 8.96. The summed E-state index contributed by atoms with van der Waals surface area (Å²) in [5.41, 5.74) is 0.489. The molecule has 7 heteroatoms. The van der Waals surface area contributed by atoms with E-state index in [4.69, 9.17) is 16.3 Å². The van der Waals surface area contributed by atoms with Crippen LogP contribution < -0.4 is 15.4 Å². The number of aliphatic hydroxyl groups is 1. The first kappa shape index (κ1) is 17.8. The summed E-state index contributed by atoms with van der Waals surface area (Å²) in [5.74, 6) is 0.526. The zero-order valence-electron chi connectivity index (χ0n) is 13.3. The molecule has 0 radical (unpaired) electrons. The number of methoxy groups -OCH3 is 1. The van der Waals surface area contributed by atoms with E-state index in [9.17, 15) is 9.90 Å². The molecule has 1 fully saturated rings. The van der Waals surface area contributed by atoms with Gasteiger partial charge in [-0.15, -0.1) is 0 Å². The van der Waals surface area contributed by atoms with Crippen LogP contribution in [0.3, 0.4) is 0 Å². The molecule has 1 saturated heterocycles. The number of nitrogens with one attached hydrogen (secondary N) is 2. The molecular weight excluding hydrogens is 318 g/mol. The summed E-state index contributed by atoms with van der Waals surface area (Å²) in [6.07, 6.45) is 3.03. The van der Waals surface area contributed by atoms with E-state index in [1.54, 1.807) is 18.2 Å². The Hall–Kier alpha value is -1.50. The highest BCUT2D eigenvalue weighted by Crippen LogP contribution is 2.27. The number of hydrogen-bond donors (Lipinski definition) is 3. The van der Waals surface area contributed by atoms with Gasteiger partial charge in [0, 0.05) is 18.1 Å². The fourth-order valence-corrected chi connectivity index (χ4v) is 2.83. The molecule has 0 spiro atoms. The van der Waals surface area contributed by atoms with Crippen LogP contribution in [0.4, 0.5) is 10.5 Å². The van der Waals surface area contributed by atoms with E-state index in [-0.39, 0.29) is 6.54 Å². The van der Waals surface area contributed by atoms with Crippen molar-refractivity contribution in [1.82, 2.24) is 10.2 Å². The van der Waals surface area contributed by atoms with Crippen molar-refractivity contribution >= 4 is 23.3 Å². The third-order valence-corrected chi connectivity index (χ3v) is 4.06. The molecule has 0 saturated carbocycles. The minimum Gasteiger partial charge on any atom is -0.495 e. The topological polar surface area (TPSA) is 73.8 Å². The van der Waals surface area contributed by atoms with Crippen LogP contribution in [0.2, 0.25) is 5.02 Å². The number of ether oxygens (including phenoxy) is 1. The van der Waals surface area contributed by atoms with Gasteiger partial charge in [-0.25, -0.2) is 4.79 Å². The summed E-state index contributed by atoms with van der Waals surface area (Å²) in [5, 5.41) is 15.9. The lowest BCUT2D eigenvalue weighted by molar-refractivity contribution is 0.102. The summed E-state index contributed by atoms with van der Waals surface area (Å²) in [7, 11) is 1.52. The minimum absolute atomic E-state index is 0.200. The lowest BCUT2D eigenvalue weighted by Gasteiger charge is -2.28. The third-order valence-electron chi connectivity index (χ3n) is 3.83. The summed E-state index contributed by atoms with van der Waals surface area (Å²) in [6.45, 7) is 2.82. The number of anilines is 1. The molecule has 2 amide bonds.